The predicted octanol–water partition coefficient (Wildman–Crippen LogP) is 4.86. The van der Waals surface area contributed by atoms with Crippen LogP contribution in [0.1, 0.15) is 44.5 Å². The smallest absolute Gasteiger partial charge is 0.243 e. The molecule has 5 nitrogen and oxygen atoms in total. The number of hydrogen-bond donors (Lipinski definition) is 1. The van der Waals surface area contributed by atoms with Crippen LogP contribution in [0.2, 0.25) is 0 Å². The molecule has 0 saturated carbocycles. The number of carbonyl (C=O) groups excluding carboxylic acids is 1. The number of imidazole rings is 1. The maximum Gasteiger partial charge on any atom is 0.243 e. The van der Waals surface area contributed by atoms with E-state index in [1.165, 1.54) is 5.56 Å². The molecule has 1 N–H and O–H groups in total. The Bertz CT molecular complexity index is 987. The van der Waals surface area contributed by atoms with Gasteiger partial charge in [0.25, 0.3) is 0 Å². The molecule has 3 rings (SSSR count). The van der Waals surface area contributed by atoms with Crippen LogP contribution < -0.4 is 10.1 Å². The van der Waals surface area contributed by atoms with Crippen molar-refractivity contribution in [2.24, 2.45) is 0 Å². The quantitative estimate of drug-likeness (QED) is 0.387. The fourth-order valence-corrected chi connectivity index (χ4v) is 3.44. The van der Waals surface area contributed by atoms with Crippen LogP contribution in [-0.2, 0) is 17.8 Å². The van der Waals surface area contributed by atoms with E-state index >= 15 is 0 Å². The first-order chi connectivity index (χ1) is 14.6. The summed E-state index contributed by atoms with van der Waals surface area (Å²) in [4.78, 5) is 16.4. The zero-order valence-electron chi connectivity index (χ0n) is 18.1. The number of benzene rings is 2. The van der Waals surface area contributed by atoms with E-state index < -0.39 is 0 Å². The molecular formula is C25H31N3O2. The van der Waals surface area contributed by atoms with Crippen molar-refractivity contribution in [2.75, 3.05) is 13.2 Å². The van der Waals surface area contributed by atoms with Crippen LogP contribution in [0.4, 0.5) is 0 Å². The molecule has 0 unspecified atom stereocenters. The molecule has 5 heteroatoms. The number of para-hydroxylation sites is 2. The Morgan fingerprint density at radius 1 is 1.17 bits per heavy atom. The lowest BCUT2D eigenvalue weighted by Crippen LogP contribution is -2.23. The van der Waals surface area contributed by atoms with Crippen molar-refractivity contribution >= 4 is 16.9 Å². The molecule has 2 aromatic carbocycles. The molecule has 0 spiro atoms. The SMILES string of the molecule is C/C=C\C(=O)NCCCc1nc2ccccc2n1CCOc1ccc(C(C)C)cc1. The average Bonchev–Trinajstić information content (AvgIpc) is 3.09. The van der Waals surface area contributed by atoms with Gasteiger partial charge in [0, 0.05) is 13.0 Å². The summed E-state index contributed by atoms with van der Waals surface area (Å²) in [7, 11) is 0. The van der Waals surface area contributed by atoms with Gasteiger partial charge >= 0.3 is 0 Å². The van der Waals surface area contributed by atoms with Gasteiger partial charge in [-0.3, -0.25) is 4.79 Å². The Labute approximate surface area is 178 Å². The van der Waals surface area contributed by atoms with E-state index in [-0.39, 0.29) is 5.91 Å². The van der Waals surface area contributed by atoms with Gasteiger partial charge in [0.05, 0.1) is 17.6 Å². The number of allylic oxidation sites excluding steroid dienone is 1. The van der Waals surface area contributed by atoms with Gasteiger partial charge in [-0.1, -0.05) is 44.2 Å². The molecule has 3 aromatic rings. The second-order valence-corrected chi connectivity index (χ2v) is 7.64. The number of aromatic nitrogens is 2. The largest absolute Gasteiger partial charge is 0.492 e. The zero-order chi connectivity index (χ0) is 21.3. The molecule has 0 aliphatic heterocycles. The first-order valence-corrected chi connectivity index (χ1v) is 10.7. The summed E-state index contributed by atoms with van der Waals surface area (Å²) in [6.07, 6.45) is 4.92. The number of amides is 1. The third-order valence-electron chi connectivity index (χ3n) is 5.06. The van der Waals surface area contributed by atoms with Gasteiger partial charge in [0.1, 0.15) is 18.2 Å². The zero-order valence-corrected chi connectivity index (χ0v) is 18.1. The van der Waals surface area contributed by atoms with E-state index in [0.29, 0.717) is 19.1 Å². The van der Waals surface area contributed by atoms with Gasteiger partial charge in [-0.15, -0.1) is 0 Å². The minimum Gasteiger partial charge on any atom is -0.492 e. The van der Waals surface area contributed by atoms with Crippen molar-refractivity contribution in [3.05, 3.63) is 72.1 Å². The van der Waals surface area contributed by atoms with E-state index in [1.807, 2.05) is 37.3 Å². The van der Waals surface area contributed by atoms with Gasteiger partial charge in [-0.05, 0) is 55.2 Å². The molecule has 158 valence electrons. The number of aryl methyl sites for hydroxylation is 1. The fourth-order valence-electron chi connectivity index (χ4n) is 3.44. The van der Waals surface area contributed by atoms with Crippen LogP contribution in [0.25, 0.3) is 11.0 Å². The number of carbonyl (C=O) groups is 1. The number of ether oxygens (including phenoxy) is 1. The second kappa shape index (κ2) is 10.6. The van der Waals surface area contributed by atoms with E-state index in [9.17, 15) is 4.79 Å². The summed E-state index contributed by atoms with van der Waals surface area (Å²) in [6, 6.07) is 16.5. The molecule has 0 bridgehead atoms. The van der Waals surface area contributed by atoms with Crippen LogP contribution in [0.15, 0.2) is 60.7 Å². The van der Waals surface area contributed by atoms with E-state index in [0.717, 1.165) is 42.0 Å². The van der Waals surface area contributed by atoms with Crippen molar-refractivity contribution in [3.8, 4) is 5.75 Å². The molecule has 0 aliphatic carbocycles. The van der Waals surface area contributed by atoms with E-state index in [1.54, 1.807) is 12.2 Å². The molecule has 0 fully saturated rings. The standard InChI is InChI=1S/C25H31N3O2/c1-4-8-25(29)26-16-7-11-24-27-22-9-5-6-10-23(22)28(24)17-18-30-21-14-12-20(13-15-21)19(2)3/h4-6,8-10,12-15,19H,7,11,16-18H2,1-3H3,(H,26,29)/b8-4-. The molecule has 1 aromatic heterocycles. The van der Waals surface area contributed by atoms with Gasteiger partial charge in [-0.25, -0.2) is 4.98 Å². The number of rotatable bonds is 10. The Morgan fingerprint density at radius 2 is 1.93 bits per heavy atom. The number of hydrogen-bond acceptors (Lipinski definition) is 3. The molecule has 0 saturated heterocycles. The van der Waals surface area contributed by atoms with Crippen molar-refractivity contribution in [1.82, 2.24) is 14.9 Å². The minimum absolute atomic E-state index is 0.0529. The molecule has 1 amide bonds. The predicted molar refractivity (Wildman–Crippen MR) is 122 cm³/mol. The Hall–Kier alpha value is -3.08. The van der Waals surface area contributed by atoms with Gasteiger partial charge in [0.2, 0.25) is 5.91 Å². The van der Waals surface area contributed by atoms with Crippen molar-refractivity contribution < 1.29 is 9.53 Å². The highest BCUT2D eigenvalue weighted by molar-refractivity contribution is 5.87. The Morgan fingerprint density at radius 3 is 2.67 bits per heavy atom. The Kier molecular flexibility index (Phi) is 7.66. The van der Waals surface area contributed by atoms with Crippen molar-refractivity contribution in [3.63, 3.8) is 0 Å². The second-order valence-electron chi connectivity index (χ2n) is 7.64. The molecule has 0 atom stereocenters. The first kappa shape index (κ1) is 21.6. The van der Waals surface area contributed by atoms with Gasteiger partial charge < -0.3 is 14.6 Å². The van der Waals surface area contributed by atoms with Gasteiger partial charge in [-0.2, -0.15) is 0 Å². The number of nitrogens with zero attached hydrogens (tertiary/aromatic N) is 2. The number of fused-ring (bicyclic) bond motifs is 1. The lowest BCUT2D eigenvalue weighted by atomic mass is 10.0. The first-order valence-electron chi connectivity index (χ1n) is 10.7. The maximum absolute atomic E-state index is 11.6. The summed E-state index contributed by atoms with van der Waals surface area (Å²) in [6.45, 7) is 8.15. The highest BCUT2D eigenvalue weighted by Crippen LogP contribution is 2.20. The van der Waals surface area contributed by atoms with Crippen LogP contribution in [-0.4, -0.2) is 28.6 Å². The molecule has 0 radical (unpaired) electrons. The number of nitrogens with one attached hydrogen (secondary N) is 1. The highest BCUT2D eigenvalue weighted by atomic mass is 16.5. The summed E-state index contributed by atoms with van der Waals surface area (Å²) in [5.74, 6) is 2.37. The molecular weight excluding hydrogens is 374 g/mol. The summed E-state index contributed by atoms with van der Waals surface area (Å²) in [5, 5.41) is 2.90. The van der Waals surface area contributed by atoms with Crippen LogP contribution >= 0.6 is 0 Å². The van der Waals surface area contributed by atoms with E-state index in [4.69, 9.17) is 9.72 Å². The lowest BCUT2D eigenvalue weighted by molar-refractivity contribution is -0.116. The molecule has 1 heterocycles. The Balaban J connectivity index is 1.62. The summed E-state index contributed by atoms with van der Waals surface area (Å²) >= 11 is 0. The topological polar surface area (TPSA) is 56.2 Å². The average molecular weight is 406 g/mol. The van der Waals surface area contributed by atoms with Crippen LogP contribution in [0, 0.1) is 0 Å². The lowest BCUT2D eigenvalue weighted by Gasteiger charge is -2.12. The monoisotopic (exact) mass is 405 g/mol. The van der Waals surface area contributed by atoms with Gasteiger partial charge in [0.15, 0.2) is 0 Å². The highest BCUT2D eigenvalue weighted by Gasteiger charge is 2.10. The third-order valence-corrected chi connectivity index (χ3v) is 5.06. The molecule has 30 heavy (non-hydrogen) atoms. The fraction of sp³-hybridized carbons (Fsp3) is 0.360. The van der Waals surface area contributed by atoms with Crippen molar-refractivity contribution in [2.45, 2.75) is 46.1 Å². The van der Waals surface area contributed by atoms with Crippen LogP contribution in [0.3, 0.4) is 0 Å². The van der Waals surface area contributed by atoms with Crippen LogP contribution in [0.5, 0.6) is 5.75 Å². The summed E-state index contributed by atoms with van der Waals surface area (Å²) in [5.41, 5.74) is 3.42. The minimum atomic E-state index is -0.0529. The normalized spacial score (nSPS) is 11.5. The van der Waals surface area contributed by atoms with Crippen molar-refractivity contribution in [1.29, 1.82) is 0 Å². The molecule has 0 aliphatic rings. The summed E-state index contributed by atoms with van der Waals surface area (Å²) < 4.78 is 8.22. The van der Waals surface area contributed by atoms with E-state index in [2.05, 4.69) is 41.9 Å². The maximum atomic E-state index is 11.6. The third kappa shape index (κ3) is 5.72.